The molecule has 4 atom stereocenters. The first-order valence-electron chi connectivity index (χ1n) is 24.8. The maximum Gasteiger partial charge on any atom is 0.407 e. The van der Waals surface area contributed by atoms with Gasteiger partial charge in [0.15, 0.2) is 0 Å². The summed E-state index contributed by atoms with van der Waals surface area (Å²) in [5.41, 5.74) is 11.8. The van der Waals surface area contributed by atoms with Gasteiger partial charge in [-0.3, -0.25) is 0 Å². The number of para-hydroxylation sites is 2. The molecular formula is C55H61Cl3N10O6S2. The first kappa shape index (κ1) is 55.9. The van der Waals surface area contributed by atoms with E-state index in [4.69, 9.17) is 43.6 Å². The molecule has 8 aromatic rings. The van der Waals surface area contributed by atoms with Crippen molar-refractivity contribution in [1.82, 2.24) is 33.2 Å². The van der Waals surface area contributed by atoms with Gasteiger partial charge in [0.05, 0.1) is 54.7 Å². The third kappa shape index (κ3) is 11.7. The van der Waals surface area contributed by atoms with E-state index in [0.717, 1.165) is 54.0 Å². The monoisotopic (exact) mass is 1130 g/mol. The lowest BCUT2D eigenvalue weighted by molar-refractivity contribution is 0.0505. The largest absolute Gasteiger partial charge is 0.444 e. The summed E-state index contributed by atoms with van der Waals surface area (Å²) >= 11 is 13.2. The summed E-state index contributed by atoms with van der Waals surface area (Å²) in [6.07, 6.45) is 7.72. The highest BCUT2D eigenvalue weighted by molar-refractivity contribution is 7.90. The van der Waals surface area contributed by atoms with E-state index in [9.17, 15) is 21.6 Å². The maximum absolute atomic E-state index is 13.8. The Hall–Kier alpha value is -6.28. The van der Waals surface area contributed by atoms with Crippen molar-refractivity contribution in [3.63, 3.8) is 0 Å². The number of alkyl carbamates (subject to hydrolysis) is 1. The number of halogens is 3. The number of amides is 1. The Bertz CT molecular complexity index is 3680. The highest BCUT2D eigenvalue weighted by Gasteiger charge is 2.32. The number of rotatable bonds is 11. The molecule has 2 aliphatic carbocycles. The quantitative estimate of drug-likeness (QED) is 0.0949. The average molecular weight is 1130 g/mol. The summed E-state index contributed by atoms with van der Waals surface area (Å²) in [5.74, 6) is 0.834. The number of hydrogen-bond acceptors (Lipinski definition) is 13. The van der Waals surface area contributed by atoms with Gasteiger partial charge < -0.3 is 26.4 Å². The van der Waals surface area contributed by atoms with Gasteiger partial charge in [0.2, 0.25) is 11.9 Å². The van der Waals surface area contributed by atoms with Gasteiger partial charge in [0.25, 0.3) is 20.0 Å². The topological polar surface area (TPSA) is 218 Å². The van der Waals surface area contributed by atoms with E-state index in [-0.39, 0.29) is 46.4 Å². The molecule has 2 fully saturated rings. The molecule has 21 heteroatoms. The summed E-state index contributed by atoms with van der Waals surface area (Å²) in [4.78, 5) is 30.8. The van der Waals surface area contributed by atoms with Gasteiger partial charge in [-0.05, 0) is 123 Å². The number of carbonyl (C=O) groups is 1. The lowest BCUT2D eigenvalue weighted by Crippen LogP contribution is -2.38. The SMILES string of the molecule is Cc1ccc(S(=O)(=O)n2c(C)c(-c3nc(NC4CC[C@@H](N)C4)ncc3Cl)c3ccccc32)cc1.Cc1ccc(S(=O)(=O)n2c(C)c(-c3nc(NC4CC[C@@H](NC(=O)OC(C)(C)C)C4)ncc3Cl)c3ccccc32)cc1.Cl. The Kier molecular flexibility index (Phi) is 16.5. The average Bonchev–Trinajstić information content (AvgIpc) is 4.19. The number of hydrogen-bond donors (Lipinski definition) is 4. The van der Waals surface area contributed by atoms with E-state index in [1.54, 1.807) is 80.7 Å². The van der Waals surface area contributed by atoms with E-state index < -0.39 is 31.7 Å². The van der Waals surface area contributed by atoms with Crippen LogP contribution in [0.5, 0.6) is 0 Å². The molecule has 2 saturated carbocycles. The van der Waals surface area contributed by atoms with E-state index in [1.165, 1.54) is 14.1 Å². The van der Waals surface area contributed by atoms with Crippen LogP contribution in [0.1, 0.15) is 81.8 Å². The van der Waals surface area contributed by atoms with E-state index >= 15 is 0 Å². The van der Waals surface area contributed by atoms with Crippen molar-refractivity contribution >= 4 is 95.5 Å². The molecule has 0 radical (unpaired) electrons. The van der Waals surface area contributed by atoms with Crippen LogP contribution in [0.3, 0.4) is 0 Å². The standard InChI is InChI=1S/C30H34ClN5O4S.C25H26ClN5O2S.ClH/c1-18-10-14-22(15-11-18)41(38,39)36-19(2)26(23-8-6-7-9-25(23)36)27-24(31)17-32-28(35-27)33-20-12-13-21(16-20)34-29(37)40-30(3,4)5;1-15-7-11-19(12-8-15)34(32,33)31-16(2)23(20-5-3-4-6-22(20)31)24-21(26)14-28-25(30-24)29-18-10-9-17(27)13-18;/h6-11,14-15,17,20-21H,12-13,16H2,1-5H3,(H,34,37)(H,32,33,35);3-8,11-12,14,17-18H,9-10,13,27H2,1-2H3,(H,28,29,30);1H/t20?,21-;17-,18?;/m11./s1. The lowest BCUT2D eigenvalue weighted by atomic mass is 10.1. The van der Waals surface area contributed by atoms with Crippen molar-refractivity contribution in [3.05, 3.63) is 142 Å². The first-order chi connectivity index (χ1) is 35.6. The fraction of sp³-hybridized carbons (Fsp3) is 0.327. The van der Waals surface area contributed by atoms with Gasteiger partial charge in [-0.2, -0.15) is 0 Å². The van der Waals surface area contributed by atoms with E-state index in [0.29, 0.717) is 73.3 Å². The Morgan fingerprint density at radius 3 is 1.45 bits per heavy atom. The Balaban J connectivity index is 0.000000202. The van der Waals surface area contributed by atoms with Crippen molar-refractivity contribution in [2.75, 3.05) is 10.6 Å². The summed E-state index contributed by atoms with van der Waals surface area (Å²) in [7, 11) is -7.75. The summed E-state index contributed by atoms with van der Waals surface area (Å²) in [6, 6.07) is 28.7. The van der Waals surface area contributed by atoms with Gasteiger partial charge >= 0.3 is 6.09 Å². The minimum Gasteiger partial charge on any atom is -0.444 e. The molecule has 2 unspecified atom stereocenters. The predicted octanol–water partition coefficient (Wildman–Crippen LogP) is 11.8. The molecule has 0 saturated heterocycles. The molecule has 4 aromatic carbocycles. The molecule has 76 heavy (non-hydrogen) atoms. The van der Waals surface area contributed by atoms with Crippen molar-refractivity contribution in [2.24, 2.45) is 5.73 Å². The van der Waals surface area contributed by atoms with Crippen LogP contribution < -0.4 is 21.7 Å². The molecule has 4 aromatic heterocycles. The number of fused-ring (bicyclic) bond motifs is 2. The third-order valence-electron chi connectivity index (χ3n) is 13.5. The molecule has 4 heterocycles. The second-order valence-corrected chi connectivity index (χ2v) is 24.7. The zero-order chi connectivity index (χ0) is 53.6. The fourth-order valence-corrected chi connectivity index (χ4v) is 13.5. The van der Waals surface area contributed by atoms with Crippen LogP contribution in [0, 0.1) is 27.7 Å². The highest BCUT2D eigenvalue weighted by Crippen LogP contribution is 2.41. The van der Waals surface area contributed by atoms with Crippen molar-refractivity contribution < 1.29 is 26.4 Å². The Morgan fingerprint density at radius 1 is 0.618 bits per heavy atom. The molecule has 0 spiro atoms. The smallest absolute Gasteiger partial charge is 0.407 e. The van der Waals surface area contributed by atoms with Crippen LogP contribution in [0.25, 0.3) is 44.3 Å². The number of aromatic nitrogens is 6. The van der Waals surface area contributed by atoms with Crippen molar-refractivity contribution in [2.45, 2.75) is 127 Å². The number of nitrogens with zero attached hydrogens (tertiary/aromatic N) is 6. The number of aryl methyl sites for hydroxylation is 2. The van der Waals surface area contributed by atoms with Crippen LogP contribution in [0.4, 0.5) is 16.7 Å². The maximum atomic E-state index is 13.8. The molecule has 10 rings (SSSR count). The van der Waals surface area contributed by atoms with Gasteiger partial charge in [-0.25, -0.2) is 49.5 Å². The summed E-state index contributed by atoms with van der Waals surface area (Å²) in [6.45, 7) is 12.9. The minimum atomic E-state index is -3.90. The van der Waals surface area contributed by atoms with Gasteiger partial charge in [0.1, 0.15) is 5.60 Å². The normalized spacial score (nSPS) is 17.7. The molecule has 0 bridgehead atoms. The Labute approximate surface area is 459 Å². The second kappa shape index (κ2) is 22.4. The molecular weight excluding hydrogens is 1070 g/mol. The second-order valence-electron chi connectivity index (χ2n) is 20.3. The molecule has 0 aliphatic heterocycles. The molecule has 400 valence electrons. The minimum absolute atomic E-state index is 0. The number of benzene rings is 4. The number of anilines is 2. The zero-order valence-corrected chi connectivity index (χ0v) is 47.1. The van der Waals surface area contributed by atoms with Crippen LogP contribution >= 0.6 is 35.6 Å². The Morgan fingerprint density at radius 2 is 1.03 bits per heavy atom. The van der Waals surface area contributed by atoms with Gasteiger partial charge in [-0.1, -0.05) is 95.0 Å². The third-order valence-corrected chi connectivity index (χ3v) is 17.7. The lowest BCUT2D eigenvalue weighted by Gasteiger charge is -2.21. The molecule has 1 amide bonds. The van der Waals surface area contributed by atoms with Crippen LogP contribution in [-0.4, -0.2) is 80.6 Å². The summed E-state index contributed by atoms with van der Waals surface area (Å²) < 4.78 is 63.2. The number of nitrogens with one attached hydrogen (secondary N) is 3. The number of carbonyl (C=O) groups excluding carboxylic acids is 1. The van der Waals surface area contributed by atoms with Crippen LogP contribution in [0.2, 0.25) is 10.0 Å². The van der Waals surface area contributed by atoms with Gasteiger partial charge in [-0.15, -0.1) is 12.4 Å². The van der Waals surface area contributed by atoms with Crippen molar-refractivity contribution in [3.8, 4) is 22.5 Å². The fourth-order valence-electron chi connectivity index (χ4n) is 9.98. The molecule has 2 aliphatic rings. The number of ether oxygens (including phenoxy) is 1. The number of nitrogens with two attached hydrogens (primary N) is 1. The molecule has 5 N–H and O–H groups in total. The van der Waals surface area contributed by atoms with Gasteiger partial charge in [0, 0.05) is 57.5 Å². The first-order valence-corrected chi connectivity index (χ1v) is 28.4. The highest BCUT2D eigenvalue weighted by atomic mass is 35.5. The van der Waals surface area contributed by atoms with E-state index in [1.807, 2.05) is 71.0 Å². The van der Waals surface area contributed by atoms with E-state index in [2.05, 4.69) is 25.9 Å². The zero-order valence-electron chi connectivity index (χ0n) is 43.1. The van der Waals surface area contributed by atoms with Crippen LogP contribution in [-0.2, 0) is 24.8 Å². The molecule has 16 nitrogen and oxygen atoms in total. The van der Waals surface area contributed by atoms with Crippen LogP contribution in [0.15, 0.2) is 119 Å². The summed E-state index contributed by atoms with van der Waals surface area (Å²) in [5, 5.41) is 11.8. The predicted molar refractivity (Wildman–Crippen MR) is 304 cm³/mol. The van der Waals surface area contributed by atoms with Crippen molar-refractivity contribution in [1.29, 1.82) is 0 Å².